The molecule has 0 unspecified atom stereocenters. The van der Waals surface area contributed by atoms with Crippen molar-refractivity contribution >= 4 is 10.8 Å². The molecule has 0 aliphatic rings. The third-order valence-corrected chi connectivity index (χ3v) is 2.55. The Morgan fingerprint density at radius 3 is 2.67 bits per heavy atom. The van der Waals surface area contributed by atoms with Gasteiger partial charge in [0.25, 0.3) is 0 Å². The normalized spacial score (nSPS) is 9.93. The van der Waals surface area contributed by atoms with Gasteiger partial charge >= 0.3 is 0 Å². The lowest BCUT2D eigenvalue weighted by Gasteiger charge is -2.05. The first-order chi connectivity index (χ1) is 7.26. The van der Waals surface area contributed by atoms with Crippen LogP contribution >= 0.6 is 0 Å². The average Bonchev–Trinajstić information content (AvgIpc) is 2.28. The summed E-state index contributed by atoms with van der Waals surface area (Å²) >= 11 is 0. The van der Waals surface area contributed by atoms with Crippen LogP contribution in [0.3, 0.4) is 0 Å². The van der Waals surface area contributed by atoms with E-state index in [0.29, 0.717) is 0 Å². The molecular weight excluding hydrogens is 186 g/mol. The van der Waals surface area contributed by atoms with Crippen molar-refractivity contribution in [1.29, 1.82) is 5.26 Å². The third kappa shape index (κ3) is 1.53. The number of aryl methyl sites for hydroxylation is 1. The summed E-state index contributed by atoms with van der Waals surface area (Å²) in [7, 11) is 1.64. The molecule has 0 aromatic heterocycles. The van der Waals surface area contributed by atoms with Gasteiger partial charge in [0.15, 0.2) is 0 Å². The summed E-state index contributed by atoms with van der Waals surface area (Å²) in [6.45, 7) is 1.95. The molecule has 2 aromatic carbocycles. The van der Waals surface area contributed by atoms with Crippen LogP contribution in [0.15, 0.2) is 30.3 Å². The van der Waals surface area contributed by atoms with Gasteiger partial charge in [-0.15, -0.1) is 0 Å². The first-order valence-electron chi connectivity index (χ1n) is 4.73. The molecule has 74 valence electrons. The molecule has 0 radical (unpaired) electrons. The second kappa shape index (κ2) is 3.62. The van der Waals surface area contributed by atoms with Crippen molar-refractivity contribution in [3.05, 3.63) is 41.5 Å². The number of rotatable bonds is 1. The number of nitriles is 1. The van der Waals surface area contributed by atoms with Crippen molar-refractivity contribution in [1.82, 2.24) is 0 Å². The Morgan fingerprint density at radius 1 is 1.20 bits per heavy atom. The highest BCUT2D eigenvalue weighted by Crippen LogP contribution is 2.25. The first kappa shape index (κ1) is 9.54. The minimum Gasteiger partial charge on any atom is -0.497 e. The zero-order valence-electron chi connectivity index (χ0n) is 8.74. The molecule has 15 heavy (non-hydrogen) atoms. The fourth-order valence-electron chi connectivity index (χ4n) is 1.69. The van der Waals surface area contributed by atoms with Crippen molar-refractivity contribution in [2.75, 3.05) is 7.11 Å². The zero-order valence-corrected chi connectivity index (χ0v) is 8.74. The number of fused-ring (bicyclic) bond motifs is 1. The minimum absolute atomic E-state index is 0.746. The predicted octanol–water partition coefficient (Wildman–Crippen LogP) is 3.03. The highest BCUT2D eigenvalue weighted by molar-refractivity contribution is 5.90. The van der Waals surface area contributed by atoms with Crippen LogP contribution < -0.4 is 4.74 Å². The second-order valence-electron chi connectivity index (χ2n) is 3.46. The van der Waals surface area contributed by atoms with E-state index >= 15 is 0 Å². The summed E-state index contributed by atoms with van der Waals surface area (Å²) < 4.78 is 5.14. The average molecular weight is 197 g/mol. The van der Waals surface area contributed by atoms with Gasteiger partial charge in [0.2, 0.25) is 0 Å². The summed E-state index contributed by atoms with van der Waals surface area (Å²) in [4.78, 5) is 0. The van der Waals surface area contributed by atoms with Crippen LogP contribution in [0.1, 0.15) is 11.1 Å². The maximum absolute atomic E-state index is 9.06. The van der Waals surface area contributed by atoms with Gasteiger partial charge in [-0.3, -0.25) is 0 Å². The van der Waals surface area contributed by atoms with Crippen molar-refractivity contribution < 1.29 is 4.74 Å². The Morgan fingerprint density at radius 2 is 2.00 bits per heavy atom. The predicted molar refractivity (Wildman–Crippen MR) is 60.0 cm³/mol. The summed E-state index contributed by atoms with van der Waals surface area (Å²) in [6.07, 6.45) is 0. The van der Waals surface area contributed by atoms with Gasteiger partial charge in [-0.1, -0.05) is 12.1 Å². The summed E-state index contributed by atoms with van der Waals surface area (Å²) in [5, 5.41) is 11.1. The molecule has 0 saturated heterocycles. The SMILES string of the molecule is COc1ccc2c(C#N)c(C)ccc2c1. The van der Waals surface area contributed by atoms with E-state index in [0.717, 1.165) is 27.6 Å². The zero-order chi connectivity index (χ0) is 10.8. The van der Waals surface area contributed by atoms with Crippen molar-refractivity contribution in [3.63, 3.8) is 0 Å². The van der Waals surface area contributed by atoms with Gasteiger partial charge in [0.1, 0.15) is 11.8 Å². The van der Waals surface area contributed by atoms with Crippen LogP contribution in [-0.2, 0) is 0 Å². The topological polar surface area (TPSA) is 33.0 Å². The lowest BCUT2D eigenvalue weighted by molar-refractivity contribution is 0.415. The molecule has 0 heterocycles. The van der Waals surface area contributed by atoms with Crippen LogP contribution in [0, 0.1) is 18.3 Å². The molecular formula is C13H11NO. The molecule has 0 fully saturated rings. The Kier molecular flexibility index (Phi) is 2.31. The van der Waals surface area contributed by atoms with Crippen molar-refractivity contribution in [2.24, 2.45) is 0 Å². The molecule has 2 nitrogen and oxygen atoms in total. The van der Waals surface area contributed by atoms with E-state index in [1.165, 1.54) is 0 Å². The largest absolute Gasteiger partial charge is 0.497 e. The highest BCUT2D eigenvalue weighted by atomic mass is 16.5. The van der Waals surface area contributed by atoms with E-state index in [4.69, 9.17) is 10.00 Å². The van der Waals surface area contributed by atoms with E-state index in [1.807, 2.05) is 37.3 Å². The van der Waals surface area contributed by atoms with Gasteiger partial charge in [-0.25, -0.2) is 0 Å². The molecule has 0 spiro atoms. The fourth-order valence-corrected chi connectivity index (χ4v) is 1.69. The van der Waals surface area contributed by atoms with Crippen molar-refractivity contribution in [2.45, 2.75) is 6.92 Å². The molecule has 0 atom stereocenters. The van der Waals surface area contributed by atoms with Crippen LogP contribution in [0.2, 0.25) is 0 Å². The number of benzene rings is 2. The maximum Gasteiger partial charge on any atom is 0.119 e. The maximum atomic E-state index is 9.06. The van der Waals surface area contributed by atoms with Gasteiger partial charge < -0.3 is 4.74 Å². The van der Waals surface area contributed by atoms with Gasteiger partial charge in [-0.05, 0) is 41.5 Å². The molecule has 2 rings (SSSR count). The fraction of sp³-hybridized carbons (Fsp3) is 0.154. The van der Waals surface area contributed by atoms with Gasteiger partial charge in [0.05, 0.1) is 12.7 Å². The third-order valence-electron chi connectivity index (χ3n) is 2.55. The molecule has 2 heteroatoms. The molecule has 2 aromatic rings. The first-order valence-corrected chi connectivity index (χ1v) is 4.73. The highest BCUT2D eigenvalue weighted by Gasteiger charge is 2.04. The van der Waals surface area contributed by atoms with Crippen molar-refractivity contribution in [3.8, 4) is 11.8 Å². The summed E-state index contributed by atoms with van der Waals surface area (Å²) in [6, 6.07) is 11.9. The minimum atomic E-state index is 0.746. The number of hydrogen-bond acceptors (Lipinski definition) is 2. The molecule has 0 aliphatic carbocycles. The van der Waals surface area contributed by atoms with Gasteiger partial charge in [0, 0.05) is 0 Å². The van der Waals surface area contributed by atoms with E-state index in [2.05, 4.69) is 6.07 Å². The van der Waals surface area contributed by atoms with Crippen LogP contribution in [0.5, 0.6) is 5.75 Å². The quantitative estimate of drug-likeness (QED) is 0.704. The Labute approximate surface area is 88.7 Å². The van der Waals surface area contributed by atoms with Crippen LogP contribution in [0.4, 0.5) is 0 Å². The smallest absolute Gasteiger partial charge is 0.119 e. The molecule has 0 bridgehead atoms. The molecule has 0 N–H and O–H groups in total. The number of ether oxygens (including phenoxy) is 1. The molecule has 0 saturated carbocycles. The van der Waals surface area contributed by atoms with Crippen LogP contribution in [0.25, 0.3) is 10.8 Å². The number of hydrogen-bond donors (Lipinski definition) is 0. The summed E-state index contributed by atoms with van der Waals surface area (Å²) in [5.74, 6) is 0.815. The van der Waals surface area contributed by atoms with Gasteiger partial charge in [-0.2, -0.15) is 5.26 Å². The Balaban J connectivity index is 2.79. The molecule has 0 aliphatic heterocycles. The van der Waals surface area contributed by atoms with E-state index in [9.17, 15) is 0 Å². The van der Waals surface area contributed by atoms with E-state index < -0.39 is 0 Å². The standard InChI is InChI=1S/C13H11NO/c1-9-3-4-10-7-11(15-2)5-6-12(10)13(9)8-14/h3-7H,1-2H3. The lowest BCUT2D eigenvalue weighted by atomic mass is 10.0. The van der Waals surface area contributed by atoms with E-state index in [-0.39, 0.29) is 0 Å². The monoisotopic (exact) mass is 197 g/mol. The molecule has 0 amide bonds. The Hall–Kier alpha value is -2.01. The Bertz CT molecular complexity index is 552. The van der Waals surface area contributed by atoms with Crippen LogP contribution in [-0.4, -0.2) is 7.11 Å². The number of nitrogens with zero attached hydrogens (tertiary/aromatic N) is 1. The van der Waals surface area contributed by atoms with E-state index in [1.54, 1.807) is 7.11 Å². The lowest BCUT2D eigenvalue weighted by Crippen LogP contribution is -1.87. The number of methoxy groups -OCH3 is 1. The second-order valence-corrected chi connectivity index (χ2v) is 3.46. The summed E-state index contributed by atoms with van der Waals surface area (Å²) in [5.41, 5.74) is 1.75.